The van der Waals surface area contributed by atoms with E-state index in [1.165, 1.54) is 0 Å². The van der Waals surface area contributed by atoms with Gasteiger partial charge in [-0.2, -0.15) is 0 Å². The molecule has 772 valence electrons. The second-order valence-electron chi connectivity index (χ2n) is 54.2. The molecular formula is C138H164N4O4TiZr2. The third-order valence-electron chi connectivity index (χ3n) is 43.8. The van der Waals surface area contributed by atoms with Crippen molar-refractivity contribution in [2.45, 2.75) is 290 Å². The second-order valence-corrected chi connectivity index (χ2v) is 182. The Labute approximate surface area is 871 Å². The summed E-state index contributed by atoms with van der Waals surface area (Å²) in [6, 6.07) is 93.6. The van der Waals surface area contributed by atoms with Crippen molar-refractivity contribution in [3.8, 4) is 66.8 Å². The van der Waals surface area contributed by atoms with Gasteiger partial charge in [0.2, 0.25) is 0 Å². The summed E-state index contributed by atoms with van der Waals surface area (Å²) in [7, 11) is 0. The fourth-order valence-corrected chi connectivity index (χ4v) is 593. The number of nitrogens with two attached hydrogens (primary N) is 4. The van der Waals surface area contributed by atoms with Gasteiger partial charge in [-0.05, 0) is 0 Å². The van der Waals surface area contributed by atoms with Crippen molar-refractivity contribution in [1.29, 1.82) is 0 Å². The van der Waals surface area contributed by atoms with Gasteiger partial charge in [0, 0.05) is 0 Å². The molecule has 6 atom stereocenters. The Hall–Kier alpha value is -10.9. The van der Waals surface area contributed by atoms with Gasteiger partial charge in [0.25, 0.3) is 0 Å². The number of benzene rings is 12. The molecule has 18 rings (SSSR count). The summed E-state index contributed by atoms with van der Waals surface area (Å²) in [4.78, 5) is 91.3. The molecule has 6 aliphatic rings. The summed E-state index contributed by atoms with van der Waals surface area (Å²) >= 11 is -23.2. The first-order valence-corrected chi connectivity index (χ1v) is 88.2. The van der Waals surface area contributed by atoms with Crippen LogP contribution in [0.15, 0.2) is 288 Å². The van der Waals surface area contributed by atoms with Crippen molar-refractivity contribution in [2.24, 2.45) is 22.9 Å². The first-order valence-electron chi connectivity index (χ1n) is 55.5. The number of allylic oxidation sites excluding steroid dienone is 6. The zero-order chi connectivity index (χ0) is 108. The van der Waals surface area contributed by atoms with Gasteiger partial charge in [-0.1, -0.05) is 0 Å². The van der Waals surface area contributed by atoms with Crippen LogP contribution in [0.3, 0.4) is 0 Å². The van der Waals surface area contributed by atoms with E-state index in [9.17, 15) is 22.9 Å². The topological polar surface area (TPSA) is 172 Å². The molecular weight excluding hydrogens is 2010 g/mol. The SMILES string of the molecule is C[CH]=[Ti]([CH]1C(CC)=Cc2c(-c3ccc(C(C)(C)C)cc3)cccc21)([CH]1C(CC)=Cc2c(-c3ccc(C(C)(C)C)cc3)cccc21)([Zr]([CH3])(=[CH]C)([C](N)=O)([C](N)=O)([CH]1C(CC)=Cc2c(-c3ccc(C(C)(C)C)cc3)cccc21)[CH]1C(CC)=Cc2c(-c3ccc(C(C)(C)C)cc3)cccc21)[Zr]([CH3])(=[CH]C)([C](N)=O)([C](N)=O)([CH]1C(CC)=Cc2c(-c3ccc(C(C)(C)C)cc3)cccc21)[CH]1C(CC)=Cc2c(-c3ccc(C(C)(C)C)cc3)cccc21. The van der Waals surface area contributed by atoms with Gasteiger partial charge in [0.1, 0.15) is 0 Å². The molecule has 0 fully saturated rings. The van der Waals surface area contributed by atoms with E-state index in [1.54, 1.807) is 0 Å². The third-order valence-corrected chi connectivity index (χ3v) is 360. The predicted molar refractivity (Wildman–Crippen MR) is 635 cm³/mol. The molecule has 149 heavy (non-hydrogen) atoms. The molecule has 4 amide bonds. The van der Waals surface area contributed by atoms with E-state index < -0.39 is 67.2 Å². The van der Waals surface area contributed by atoms with Gasteiger partial charge in [0.15, 0.2) is 0 Å². The molecule has 12 aromatic rings. The molecule has 8 N–H and O–H groups in total. The third kappa shape index (κ3) is 12.2. The van der Waals surface area contributed by atoms with Crippen LogP contribution in [0.1, 0.15) is 349 Å². The Morgan fingerprint density at radius 1 is 0.242 bits per heavy atom. The molecule has 0 spiro atoms. The average molecular weight is 2170 g/mol. The zero-order valence-electron chi connectivity index (χ0n) is 94.6. The summed E-state index contributed by atoms with van der Waals surface area (Å²) in [5.41, 5.74) is 69.9. The summed E-state index contributed by atoms with van der Waals surface area (Å²) in [5, 5.41) is 0. The second kappa shape index (κ2) is 34.3. The molecule has 8 nitrogen and oxygen atoms in total. The standard InChI is InChI=1S/6C21H23.3C2H4.4CH2NO.2CH3.Ti.2Zr/c6*1-5-15-13-17-7-6-8-19(20(17)14-15)16-9-11-18(12-10-16)21(2,3)4;3*1-2;4*2-1-3;;;;;/h6*6-14H,5H2,1-4H3;3*1H,2H3;4*(H2,2,3);2*1H3;;;. The van der Waals surface area contributed by atoms with Crippen LogP contribution >= 0.6 is 0 Å². The van der Waals surface area contributed by atoms with E-state index >= 15 is 19.2 Å². The number of hydrogen-bond acceptors (Lipinski definition) is 4. The van der Waals surface area contributed by atoms with E-state index in [0.717, 1.165) is 178 Å². The van der Waals surface area contributed by atoms with Crippen LogP contribution in [-0.4, -0.2) is 26.2 Å². The average Bonchev–Trinajstić information content (AvgIpc) is 1.51. The summed E-state index contributed by atoms with van der Waals surface area (Å²) in [6.07, 6.45) is 5.55. The number of primary amides is 4. The molecule has 12 aromatic carbocycles. The van der Waals surface area contributed by atoms with Gasteiger partial charge in [-0.15, -0.1) is 0 Å². The molecule has 6 aliphatic carbocycles. The van der Waals surface area contributed by atoms with Crippen molar-refractivity contribution >= 4 is 62.6 Å². The minimum atomic E-state index is -11.6. The fourth-order valence-electron chi connectivity index (χ4n) is 36.9. The van der Waals surface area contributed by atoms with E-state index in [0.29, 0.717) is 22.3 Å². The van der Waals surface area contributed by atoms with E-state index in [2.05, 4.69) is 499 Å². The van der Waals surface area contributed by atoms with Gasteiger partial charge < -0.3 is 0 Å². The van der Waals surface area contributed by atoms with Gasteiger partial charge in [-0.25, -0.2) is 0 Å². The van der Waals surface area contributed by atoms with E-state index in [4.69, 9.17) is 0 Å². The summed E-state index contributed by atoms with van der Waals surface area (Å²) < 4.78 is -1.20. The van der Waals surface area contributed by atoms with Crippen molar-refractivity contribution in [3.63, 3.8) is 0 Å². The normalized spacial score (nSPS) is 19.2. The zero-order valence-corrected chi connectivity index (χ0v) is 101. The van der Waals surface area contributed by atoms with Crippen LogP contribution in [0.25, 0.3) is 103 Å². The van der Waals surface area contributed by atoms with Crippen LogP contribution in [0, 0.1) is 0 Å². The monoisotopic (exact) mass is 2170 g/mol. The Morgan fingerprint density at radius 2 is 0.396 bits per heavy atom. The fraction of sp³-hybridized carbons (Fsp3) is 0.341. The Bertz CT molecular complexity index is 7520. The molecule has 0 saturated heterocycles. The minimum absolute atomic E-state index is 0.198. The van der Waals surface area contributed by atoms with Crippen molar-refractivity contribution in [1.82, 2.24) is 0 Å². The van der Waals surface area contributed by atoms with E-state index in [1.807, 2.05) is 0 Å². The summed E-state index contributed by atoms with van der Waals surface area (Å²) in [6.45, 7) is 60.1. The molecule has 11 heteroatoms. The number of amides is 4. The quantitative estimate of drug-likeness (QED) is 0.0441. The number of carbonyl (C=O) groups excluding carboxylic acids is 4. The van der Waals surface area contributed by atoms with Crippen LogP contribution in [-0.2, 0) is 62.2 Å². The molecule has 0 bridgehead atoms. The number of hydrogen-bond donors (Lipinski definition) is 4. The first-order chi connectivity index (χ1) is 70.0. The Kier molecular flexibility index (Phi) is 24.8. The van der Waals surface area contributed by atoms with Crippen LogP contribution in [0.5, 0.6) is 0 Å². The van der Waals surface area contributed by atoms with Crippen LogP contribution in [0.2, 0.25) is 9.26 Å². The maximum absolute atomic E-state index is 22.8. The number of fused-ring (bicyclic) bond motifs is 6. The predicted octanol–water partition coefficient (Wildman–Crippen LogP) is 37.0. The number of rotatable bonds is 24. The molecule has 6 unspecified atom stereocenters. The summed E-state index contributed by atoms with van der Waals surface area (Å²) in [5.74, 6) is 0. The Balaban J connectivity index is 1.30. The number of carbonyl (C=O) groups is 4. The molecule has 0 aromatic heterocycles. The first kappa shape index (κ1) is 108. The van der Waals surface area contributed by atoms with Gasteiger partial charge in [0.05, 0.1) is 0 Å². The van der Waals surface area contributed by atoms with Gasteiger partial charge in [-0.3, -0.25) is 0 Å². The van der Waals surface area contributed by atoms with Crippen molar-refractivity contribution in [3.05, 3.63) is 388 Å². The molecule has 0 aliphatic heterocycles. The van der Waals surface area contributed by atoms with Crippen LogP contribution in [0.4, 0.5) is 19.2 Å². The molecule has 0 radical (unpaired) electrons. The van der Waals surface area contributed by atoms with E-state index in [-0.39, 0.29) is 71.0 Å². The van der Waals surface area contributed by atoms with Crippen molar-refractivity contribution < 1.29 is 48.9 Å². The molecule has 0 heterocycles. The maximum atomic E-state index is 22.8. The van der Waals surface area contributed by atoms with Gasteiger partial charge >= 0.3 is 880 Å². The van der Waals surface area contributed by atoms with Crippen LogP contribution < -0.4 is 22.9 Å². The Morgan fingerprint density at radius 3 is 0.537 bits per heavy atom. The van der Waals surface area contributed by atoms with Crippen molar-refractivity contribution in [2.75, 3.05) is 0 Å². The molecule has 0 saturated carbocycles.